The van der Waals surface area contributed by atoms with Gasteiger partial charge in [-0.2, -0.15) is 0 Å². The maximum atomic E-state index is 12.9. The topological polar surface area (TPSA) is 68.4 Å². The van der Waals surface area contributed by atoms with Crippen LogP contribution < -0.4 is 4.74 Å². The number of aromatic amines is 1. The Bertz CT molecular complexity index is 912. The molecule has 4 rings (SSSR count). The van der Waals surface area contributed by atoms with Gasteiger partial charge in [-0.25, -0.2) is 4.79 Å². The summed E-state index contributed by atoms with van der Waals surface area (Å²) < 4.78 is 11.3. The van der Waals surface area contributed by atoms with Crippen molar-refractivity contribution in [2.45, 2.75) is 64.9 Å². The standard InChI is InChI=1S/C24H29NO4/c1-4-28-18-10-8-16(9-11-18)17-12-19-22(20(26)13-17)15(3)23(25-19)24(27)29-21-7-5-6-14(21)2/h8-11,14,17,21,25H,4-7,12-13H2,1-3H3/t14-,17+,21+/m1/s1. The molecule has 1 aromatic carbocycles. The summed E-state index contributed by atoms with van der Waals surface area (Å²) in [5.74, 6) is 1.09. The summed E-state index contributed by atoms with van der Waals surface area (Å²) in [7, 11) is 0. The molecule has 1 fully saturated rings. The third kappa shape index (κ3) is 3.83. The van der Waals surface area contributed by atoms with Gasteiger partial charge in [0.15, 0.2) is 5.78 Å². The van der Waals surface area contributed by atoms with E-state index in [2.05, 4.69) is 11.9 Å². The van der Waals surface area contributed by atoms with Gasteiger partial charge >= 0.3 is 5.97 Å². The number of fused-ring (bicyclic) bond motifs is 1. The Labute approximate surface area is 171 Å². The predicted molar refractivity (Wildman–Crippen MR) is 111 cm³/mol. The van der Waals surface area contributed by atoms with Gasteiger partial charge in [0.1, 0.15) is 17.5 Å². The second kappa shape index (κ2) is 8.05. The number of nitrogens with one attached hydrogen (secondary N) is 1. The maximum Gasteiger partial charge on any atom is 0.355 e. The Morgan fingerprint density at radius 2 is 1.93 bits per heavy atom. The molecule has 0 saturated heterocycles. The molecule has 1 aromatic heterocycles. The van der Waals surface area contributed by atoms with Crippen molar-refractivity contribution < 1.29 is 19.1 Å². The predicted octanol–water partition coefficient (Wildman–Crippen LogP) is 4.98. The third-order valence-electron chi connectivity index (χ3n) is 6.40. The minimum Gasteiger partial charge on any atom is -0.494 e. The van der Waals surface area contributed by atoms with Crippen molar-refractivity contribution in [3.05, 3.63) is 52.3 Å². The molecule has 2 aliphatic rings. The first-order valence-corrected chi connectivity index (χ1v) is 10.7. The number of rotatable bonds is 5. The number of hydrogen-bond acceptors (Lipinski definition) is 4. The molecule has 0 amide bonds. The number of H-pyrrole nitrogens is 1. The largest absolute Gasteiger partial charge is 0.494 e. The van der Waals surface area contributed by atoms with Crippen LogP contribution in [0.2, 0.25) is 0 Å². The van der Waals surface area contributed by atoms with E-state index < -0.39 is 0 Å². The second-order valence-electron chi connectivity index (χ2n) is 8.36. The zero-order valence-electron chi connectivity index (χ0n) is 17.4. The van der Waals surface area contributed by atoms with Gasteiger partial charge in [0.05, 0.1) is 6.61 Å². The van der Waals surface area contributed by atoms with Gasteiger partial charge in [-0.1, -0.05) is 19.1 Å². The molecule has 1 heterocycles. The first kappa shape index (κ1) is 19.7. The van der Waals surface area contributed by atoms with E-state index in [1.807, 2.05) is 38.1 Å². The molecule has 0 bridgehead atoms. The lowest BCUT2D eigenvalue weighted by Crippen LogP contribution is -2.21. The number of hydrogen-bond donors (Lipinski definition) is 1. The molecular weight excluding hydrogens is 366 g/mol. The van der Waals surface area contributed by atoms with Crippen molar-refractivity contribution in [3.63, 3.8) is 0 Å². The average molecular weight is 395 g/mol. The number of carbonyl (C=O) groups is 2. The highest BCUT2D eigenvalue weighted by atomic mass is 16.5. The fourth-order valence-electron chi connectivity index (χ4n) is 4.76. The van der Waals surface area contributed by atoms with Gasteiger partial charge < -0.3 is 14.5 Å². The number of ketones is 1. The SMILES string of the molecule is CCOc1ccc([C@@H]2CC(=O)c3c([nH]c(C(=O)O[C@H]4CCC[C@H]4C)c3C)C2)cc1. The summed E-state index contributed by atoms with van der Waals surface area (Å²) >= 11 is 0. The van der Waals surface area contributed by atoms with Gasteiger partial charge in [0.2, 0.25) is 0 Å². The normalized spacial score (nSPS) is 23.7. The lowest BCUT2D eigenvalue weighted by atomic mass is 9.81. The number of carbonyl (C=O) groups excluding carboxylic acids is 2. The molecule has 1 N–H and O–H groups in total. The average Bonchev–Trinajstić information content (AvgIpc) is 3.26. The number of esters is 1. The third-order valence-corrected chi connectivity index (χ3v) is 6.40. The van der Waals surface area contributed by atoms with Crippen LogP contribution in [0, 0.1) is 12.8 Å². The summed E-state index contributed by atoms with van der Waals surface area (Å²) in [5.41, 5.74) is 3.81. The number of benzene rings is 1. The van der Waals surface area contributed by atoms with Crippen LogP contribution in [0.4, 0.5) is 0 Å². The van der Waals surface area contributed by atoms with Crippen molar-refractivity contribution >= 4 is 11.8 Å². The summed E-state index contributed by atoms with van der Waals surface area (Å²) in [4.78, 5) is 28.9. The fraction of sp³-hybridized carbons (Fsp3) is 0.500. The maximum absolute atomic E-state index is 12.9. The molecule has 0 aliphatic heterocycles. The van der Waals surface area contributed by atoms with E-state index in [4.69, 9.17) is 9.47 Å². The van der Waals surface area contributed by atoms with Crippen LogP contribution >= 0.6 is 0 Å². The highest BCUT2D eigenvalue weighted by molar-refractivity contribution is 6.03. The zero-order chi connectivity index (χ0) is 20.5. The smallest absolute Gasteiger partial charge is 0.355 e. The molecule has 154 valence electrons. The minimum absolute atomic E-state index is 0.0190. The molecule has 3 atom stereocenters. The molecule has 0 spiro atoms. The first-order chi connectivity index (χ1) is 14.0. The Balaban J connectivity index is 1.54. The van der Waals surface area contributed by atoms with E-state index in [0.29, 0.717) is 36.6 Å². The zero-order valence-corrected chi connectivity index (χ0v) is 17.4. The monoisotopic (exact) mass is 395 g/mol. The van der Waals surface area contributed by atoms with E-state index in [-0.39, 0.29) is 23.8 Å². The lowest BCUT2D eigenvalue weighted by Gasteiger charge is -2.22. The summed E-state index contributed by atoms with van der Waals surface area (Å²) in [6, 6.07) is 7.95. The van der Waals surface area contributed by atoms with E-state index in [0.717, 1.165) is 41.8 Å². The molecular formula is C24H29NO4. The van der Waals surface area contributed by atoms with E-state index in [9.17, 15) is 9.59 Å². The molecule has 29 heavy (non-hydrogen) atoms. The Kier molecular flexibility index (Phi) is 5.48. The molecule has 5 nitrogen and oxygen atoms in total. The minimum atomic E-state index is -0.332. The summed E-state index contributed by atoms with van der Waals surface area (Å²) in [6.07, 6.45) is 4.26. The van der Waals surface area contributed by atoms with Crippen LogP contribution in [-0.2, 0) is 11.2 Å². The van der Waals surface area contributed by atoms with E-state index >= 15 is 0 Å². The van der Waals surface area contributed by atoms with E-state index in [1.165, 1.54) is 0 Å². The van der Waals surface area contributed by atoms with Crippen LogP contribution in [-0.4, -0.2) is 29.4 Å². The van der Waals surface area contributed by atoms with Gasteiger partial charge in [0.25, 0.3) is 0 Å². The van der Waals surface area contributed by atoms with Crippen molar-refractivity contribution in [2.75, 3.05) is 6.61 Å². The van der Waals surface area contributed by atoms with Crippen LogP contribution in [0.5, 0.6) is 5.75 Å². The fourth-order valence-corrected chi connectivity index (χ4v) is 4.76. The van der Waals surface area contributed by atoms with Crippen molar-refractivity contribution in [1.82, 2.24) is 4.98 Å². The molecule has 1 saturated carbocycles. The van der Waals surface area contributed by atoms with Crippen molar-refractivity contribution in [3.8, 4) is 5.75 Å². The van der Waals surface area contributed by atoms with Gasteiger partial charge in [0, 0.05) is 17.7 Å². The van der Waals surface area contributed by atoms with Crippen LogP contribution in [0.25, 0.3) is 0 Å². The Morgan fingerprint density at radius 3 is 2.59 bits per heavy atom. The number of aromatic nitrogens is 1. The number of ether oxygens (including phenoxy) is 2. The van der Waals surface area contributed by atoms with Crippen LogP contribution in [0.3, 0.4) is 0 Å². The Hall–Kier alpha value is -2.56. The second-order valence-corrected chi connectivity index (χ2v) is 8.36. The van der Waals surface area contributed by atoms with Gasteiger partial charge in [-0.05, 0) is 74.6 Å². The summed E-state index contributed by atoms with van der Waals surface area (Å²) in [6.45, 7) is 6.56. The highest BCUT2D eigenvalue weighted by Crippen LogP contribution is 2.36. The highest BCUT2D eigenvalue weighted by Gasteiger charge is 2.34. The molecule has 0 radical (unpaired) electrons. The molecule has 2 aromatic rings. The lowest BCUT2D eigenvalue weighted by molar-refractivity contribution is 0.0219. The first-order valence-electron chi connectivity index (χ1n) is 10.7. The number of Topliss-reactive ketones (excluding diaryl/α,β-unsaturated/α-hetero) is 1. The van der Waals surface area contributed by atoms with Crippen molar-refractivity contribution in [2.24, 2.45) is 5.92 Å². The van der Waals surface area contributed by atoms with Gasteiger partial charge in [-0.3, -0.25) is 4.79 Å². The van der Waals surface area contributed by atoms with E-state index in [1.54, 1.807) is 0 Å². The van der Waals surface area contributed by atoms with Gasteiger partial charge in [-0.15, -0.1) is 0 Å². The summed E-state index contributed by atoms with van der Waals surface area (Å²) in [5, 5.41) is 0. The molecule has 5 heteroatoms. The Morgan fingerprint density at radius 1 is 1.17 bits per heavy atom. The molecule has 0 unspecified atom stereocenters. The van der Waals surface area contributed by atoms with Crippen LogP contribution in [0.1, 0.15) is 83.1 Å². The quantitative estimate of drug-likeness (QED) is 0.725. The van der Waals surface area contributed by atoms with Crippen LogP contribution in [0.15, 0.2) is 24.3 Å². The molecule has 2 aliphatic carbocycles. The van der Waals surface area contributed by atoms with Crippen molar-refractivity contribution in [1.29, 1.82) is 0 Å².